The van der Waals surface area contributed by atoms with E-state index in [0.29, 0.717) is 23.3 Å². The van der Waals surface area contributed by atoms with Crippen LogP contribution >= 0.6 is 23.4 Å². The molecular formula is C24H25ClN6O2S. The Morgan fingerprint density at radius 1 is 1.03 bits per heavy atom. The fourth-order valence-corrected chi connectivity index (χ4v) is 4.13. The van der Waals surface area contributed by atoms with Gasteiger partial charge in [-0.15, -0.1) is 5.10 Å². The number of nitrogens with one attached hydrogen (secondary N) is 1. The summed E-state index contributed by atoms with van der Waals surface area (Å²) in [7, 11) is 1.64. The second kappa shape index (κ2) is 12.4. The molecule has 0 atom stereocenters. The lowest BCUT2D eigenvalue weighted by Gasteiger charge is -2.13. The van der Waals surface area contributed by atoms with E-state index in [9.17, 15) is 0 Å². The number of tetrazole rings is 1. The molecule has 0 saturated heterocycles. The van der Waals surface area contributed by atoms with Gasteiger partial charge in [0.05, 0.1) is 12.8 Å². The van der Waals surface area contributed by atoms with Gasteiger partial charge < -0.3 is 14.8 Å². The largest absolute Gasteiger partial charge is 0.493 e. The van der Waals surface area contributed by atoms with Crippen molar-refractivity contribution in [1.29, 1.82) is 0 Å². The fraction of sp³-hybridized carbons (Fsp3) is 0.250. The van der Waals surface area contributed by atoms with E-state index in [1.54, 1.807) is 35.8 Å². The third-order valence-corrected chi connectivity index (χ3v) is 6.14. The number of methoxy groups -OCH3 is 1. The van der Waals surface area contributed by atoms with Gasteiger partial charge in [-0.25, -0.2) is 4.98 Å². The number of aromatic nitrogens is 5. The van der Waals surface area contributed by atoms with Crippen molar-refractivity contribution in [3.63, 3.8) is 0 Å². The van der Waals surface area contributed by atoms with Crippen LogP contribution in [-0.2, 0) is 13.2 Å². The molecule has 0 fully saturated rings. The van der Waals surface area contributed by atoms with Crippen LogP contribution in [-0.4, -0.2) is 44.6 Å². The molecule has 10 heteroatoms. The molecule has 0 aliphatic carbocycles. The van der Waals surface area contributed by atoms with Gasteiger partial charge in [0.2, 0.25) is 5.16 Å². The maximum absolute atomic E-state index is 5.89. The van der Waals surface area contributed by atoms with E-state index in [1.807, 2.05) is 54.6 Å². The lowest BCUT2D eigenvalue weighted by Crippen LogP contribution is -2.15. The summed E-state index contributed by atoms with van der Waals surface area (Å²) in [6, 6.07) is 19.5. The van der Waals surface area contributed by atoms with Crippen LogP contribution in [0.15, 0.2) is 72.0 Å². The summed E-state index contributed by atoms with van der Waals surface area (Å²) >= 11 is 7.47. The van der Waals surface area contributed by atoms with E-state index in [1.165, 1.54) is 0 Å². The highest BCUT2D eigenvalue weighted by atomic mass is 35.5. The van der Waals surface area contributed by atoms with Crippen LogP contribution in [0, 0.1) is 0 Å². The first kappa shape index (κ1) is 24.0. The lowest BCUT2D eigenvalue weighted by molar-refractivity contribution is 0.284. The second-order valence-corrected chi connectivity index (χ2v) is 8.80. The van der Waals surface area contributed by atoms with E-state index in [0.717, 1.165) is 47.2 Å². The van der Waals surface area contributed by atoms with Crippen LogP contribution in [0.1, 0.15) is 17.5 Å². The molecule has 0 spiro atoms. The third-order valence-electron chi connectivity index (χ3n) is 4.91. The molecule has 4 rings (SSSR count). The number of benzene rings is 2. The van der Waals surface area contributed by atoms with Gasteiger partial charge in [0.15, 0.2) is 11.5 Å². The summed E-state index contributed by atoms with van der Waals surface area (Å²) in [6.07, 6.45) is 2.69. The van der Waals surface area contributed by atoms with Gasteiger partial charge >= 0.3 is 0 Å². The smallest absolute Gasteiger partial charge is 0.214 e. The molecule has 176 valence electrons. The SMILES string of the molecule is COc1cc(CNCCCSc2nnnn2-c2ccccc2)ccc1OCc1ccc(Cl)nc1. The van der Waals surface area contributed by atoms with Gasteiger partial charge in [0.1, 0.15) is 11.8 Å². The van der Waals surface area contributed by atoms with Crippen LogP contribution < -0.4 is 14.8 Å². The predicted octanol–water partition coefficient (Wildman–Crippen LogP) is 4.57. The predicted molar refractivity (Wildman–Crippen MR) is 133 cm³/mol. The number of para-hydroxylation sites is 1. The average molecular weight is 497 g/mol. The average Bonchev–Trinajstić information content (AvgIpc) is 3.35. The first-order valence-corrected chi connectivity index (χ1v) is 12.2. The molecule has 0 unspecified atom stereocenters. The molecule has 0 saturated carbocycles. The number of hydrogen-bond acceptors (Lipinski definition) is 8. The van der Waals surface area contributed by atoms with Crippen molar-refractivity contribution in [3.05, 3.63) is 83.1 Å². The Labute approximate surface area is 207 Å². The molecule has 2 aromatic heterocycles. The van der Waals surface area contributed by atoms with Gasteiger partial charge in [-0.3, -0.25) is 0 Å². The Bertz CT molecular complexity index is 1170. The molecule has 4 aromatic rings. The fourth-order valence-electron chi connectivity index (χ4n) is 3.19. The van der Waals surface area contributed by atoms with E-state index in [2.05, 4.69) is 25.8 Å². The van der Waals surface area contributed by atoms with Crippen molar-refractivity contribution in [1.82, 2.24) is 30.5 Å². The minimum absolute atomic E-state index is 0.392. The summed E-state index contributed by atoms with van der Waals surface area (Å²) in [6.45, 7) is 2.01. The van der Waals surface area contributed by atoms with E-state index in [4.69, 9.17) is 21.1 Å². The molecule has 0 aliphatic heterocycles. The minimum Gasteiger partial charge on any atom is -0.493 e. The zero-order chi connectivity index (χ0) is 23.6. The highest BCUT2D eigenvalue weighted by molar-refractivity contribution is 7.99. The maximum atomic E-state index is 5.89. The molecular weight excluding hydrogens is 472 g/mol. The lowest BCUT2D eigenvalue weighted by atomic mass is 10.2. The van der Waals surface area contributed by atoms with E-state index < -0.39 is 0 Å². The van der Waals surface area contributed by atoms with Gasteiger partial charge in [0.25, 0.3) is 0 Å². The van der Waals surface area contributed by atoms with Crippen molar-refractivity contribution < 1.29 is 9.47 Å². The van der Waals surface area contributed by atoms with Gasteiger partial charge in [-0.1, -0.05) is 53.7 Å². The number of rotatable bonds is 12. The minimum atomic E-state index is 0.392. The Kier molecular flexibility index (Phi) is 8.72. The molecule has 0 radical (unpaired) electrons. The van der Waals surface area contributed by atoms with Crippen LogP contribution in [0.2, 0.25) is 5.15 Å². The monoisotopic (exact) mass is 496 g/mol. The number of pyridine rings is 1. The zero-order valence-electron chi connectivity index (χ0n) is 18.7. The number of thioether (sulfide) groups is 1. The number of nitrogens with zero attached hydrogens (tertiary/aromatic N) is 5. The third kappa shape index (κ3) is 6.69. The van der Waals surface area contributed by atoms with Crippen LogP contribution in [0.25, 0.3) is 5.69 Å². The zero-order valence-corrected chi connectivity index (χ0v) is 20.3. The molecule has 2 heterocycles. The Balaban J connectivity index is 1.20. The first-order valence-electron chi connectivity index (χ1n) is 10.8. The molecule has 34 heavy (non-hydrogen) atoms. The van der Waals surface area contributed by atoms with Crippen molar-refractivity contribution in [2.75, 3.05) is 19.4 Å². The van der Waals surface area contributed by atoms with E-state index >= 15 is 0 Å². The maximum Gasteiger partial charge on any atom is 0.214 e. The molecule has 0 bridgehead atoms. The quantitative estimate of drug-likeness (QED) is 0.173. The molecule has 1 N–H and O–H groups in total. The van der Waals surface area contributed by atoms with Gasteiger partial charge in [0, 0.05) is 24.1 Å². The summed E-state index contributed by atoms with van der Waals surface area (Å²) in [4.78, 5) is 4.07. The number of halogens is 1. The molecule has 2 aromatic carbocycles. The van der Waals surface area contributed by atoms with Crippen molar-refractivity contribution >= 4 is 23.4 Å². The number of ether oxygens (including phenoxy) is 2. The molecule has 0 amide bonds. The van der Waals surface area contributed by atoms with Gasteiger partial charge in [-0.2, -0.15) is 4.68 Å². The highest BCUT2D eigenvalue weighted by Crippen LogP contribution is 2.29. The Hall–Kier alpha value is -3.14. The van der Waals surface area contributed by atoms with Crippen molar-refractivity contribution in [3.8, 4) is 17.2 Å². The summed E-state index contributed by atoms with van der Waals surface area (Å²) in [5, 5.41) is 16.8. The summed E-state index contributed by atoms with van der Waals surface area (Å²) in [5.41, 5.74) is 3.02. The summed E-state index contributed by atoms with van der Waals surface area (Å²) < 4.78 is 13.2. The van der Waals surface area contributed by atoms with Gasteiger partial charge in [-0.05, 0) is 59.3 Å². The summed E-state index contributed by atoms with van der Waals surface area (Å²) in [5.74, 6) is 2.30. The first-order chi connectivity index (χ1) is 16.7. The standard InChI is InChI=1S/C24H25ClN6O2S/c1-32-22-14-18(8-10-21(22)33-17-19-9-11-23(25)27-16-19)15-26-12-5-13-34-24-28-29-30-31(24)20-6-3-2-4-7-20/h2-4,6-11,14,16,26H,5,12-13,15,17H2,1H3. The molecule has 8 nitrogen and oxygen atoms in total. The van der Waals surface area contributed by atoms with Crippen LogP contribution in [0.3, 0.4) is 0 Å². The van der Waals surface area contributed by atoms with Crippen LogP contribution in [0.5, 0.6) is 11.5 Å². The van der Waals surface area contributed by atoms with Crippen molar-refractivity contribution in [2.24, 2.45) is 0 Å². The van der Waals surface area contributed by atoms with E-state index in [-0.39, 0.29) is 0 Å². The normalized spacial score (nSPS) is 10.9. The second-order valence-electron chi connectivity index (χ2n) is 7.35. The Morgan fingerprint density at radius 2 is 1.88 bits per heavy atom. The number of hydrogen-bond donors (Lipinski definition) is 1. The highest BCUT2D eigenvalue weighted by Gasteiger charge is 2.09. The van der Waals surface area contributed by atoms with Crippen molar-refractivity contribution in [2.45, 2.75) is 24.7 Å². The Morgan fingerprint density at radius 3 is 2.68 bits per heavy atom. The molecule has 0 aliphatic rings. The topological polar surface area (TPSA) is 87.0 Å². The van der Waals surface area contributed by atoms with Crippen LogP contribution in [0.4, 0.5) is 0 Å².